The number of esters is 1. The lowest BCUT2D eigenvalue weighted by atomic mass is 9.80. The van der Waals surface area contributed by atoms with Gasteiger partial charge < -0.3 is 14.0 Å². The van der Waals surface area contributed by atoms with Crippen molar-refractivity contribution >= 4 is 5.97 Å². The van der Waals surface area contributed by atoms with Crippen LogP contribution in [-0.2, 0) is 9.53 Å². The molecule has 5 unspecified atom stereocenters. The smallest absolute Gasteiger partial charge is 0.310 e. The average molecular weight is 312 g/mol. The van der Waals surface area contributed by atoms with E-state index in [1.165, 1.54) is 0 Å². The van der Waals surface area contributed by atoms with Gasteiger partial charge in [-0.2, -0.15) is 4.98 Å². The fourth-order valence-corrected chi connectivity index (χ4v) is 4.59. The summed E-state index contributed by atoms with van der Waals surface area (Å²) in [6.07, 6.45) is 2.08. The molecule has 0 radical (unpaired) electrons. The van der Waals surface area contributed by atoms with Crippen LogP contribution in [-0.4, -0.2) is 29.3 Å². The van der Waals surface area contributed by atoms with E-state index in [0.717, 1.165) is 24.2 Å². The van der Waals surface area contributed by atoms with E-state index in [1.54, 1.807) is 7.11 Å². The van der Waals surface area contributed by atoms with Crippen LogP contribution in [0.1, 0.15) is 24.7 Å². The van der Waals surface area contributed by atoms with Gasteiger partial charge in [-0.1, -0.05) is 17.3 Å². The highest BCUT2D eigenvalue weighted by Gasteiger charge is 2.63. The van der Waals surface area contributed by atoms with E-state index in [4.69, 9.17) is 14.0 Å². The van der Waals surface area contributed by atoms with Gasteiger partial charge in [0.1, 0.15) is 11.9 Å². The number of aromatic nitrogens is 2. The lowest BCUT2D eigenvalue weighted by Gasteiger charge is -2.20. The zero-order valence-electron chi connectivity index (χ0n) is 12.6. The molecule has 2 aromatic rings. The molecule has 0 N–H and O–H groups in total. The Morgan fingerprint density at radius 1 is 1.26 bits per heavy atom. The maximum Gasteiger partial charge on any atom is 0.310 e. The molecular formula is C17H16N2O4. The minimum atomic E-state index is -0.0997. The molecule has 6 heteroatoms. The van der Waals surface area contributed by atoms with Crippen LogP contribution in [0.25, 0.3) is 11.4 Å². The highest BCUT2D eigenvalue weighted by atomic mass is 16.6. The van der Waals surface area contributed by atoms with Crippen LogP contribution in [0.5, 0.6) is 5.75 Å². The number of carbonyl (C=O) groups excluding carboxylic acids is 1. The SMILES string of the molecule is COc1cccc(-c2noc(C3C4CC5OC(=O)C3C5C4)n2)c1. The second-order valence-electron chi connectivity index (χ2n) is 6.61. The summed E-state index contributed by atoms with van der Waals surface area (Å²) in [5.74, 6) is 2.42. The molecule has 6 nitrogen and oxygen atoms in total. The Kier molecular flexibility index (Phi) is 2.60. The van der Waals surface area contributed by atoms with Crippen molar-refractivity contribution < 1.29 is 18.8 Å². The Morgan fingerprint density at radius 3 is 3.04 bits per heavy atom. The predicted molar refractivity (Wildman–Crippen MR) is 78.6 cm³/mol. The minimum absolute atomic E-state index is 0.0121. The molecule has 0 amide bonds. The van der Waals surface area contributed by atoms with Crippen molar-refractivity contribution in [2.45, 2.75) is 24.9 Å². The van der Waals surface area contributed by atoms with E-state index < -0.39 is 0 Å². The summed E-state index contributed by atoms with van der Waals surface area (Å²) >= 11 is 0. The highest BCUT2D eigenvalue weighted by Crippen LogP contribution is 2.61. The number of hydrogen-bond donors (Lipinski definition) is 0. The van der Waals surface area contributed by atoms with Crippen LogP contribution in [0.3, 0.4) is 0 Å². The maximum absolute atomic E-state index is 12.1. The van der Waals surface area contributed by atoms with Crippen LogP contribution in [0.2, 0.25) is 0 Å². The molecule has 2 heterocycles. The van der Waals surface area contributed by atoms with E-state index >= 15 is 0 Å². The lowest BCUT2D eigenvalue weighted by Crippen LogP contribution is -2.24. The molecule has 0 spiro atoms. The molecule has 2 aliphatic carbocycles. The van der Waals surface area contributed by atoms with Gasteiger partial charge >= 0.3 is 5.97 Å². The normalized spacial score (nSPS) is 34.0. The second-order valence-corrected chi connectivity index (χ2v) is 6.61. The van der Waals surface area contributed by atoms with Crippen molar-refractivity contribution in [1.82, 2.24) is 10.1 Å². The molecule has 118 valence electrons. The Bertz CT molecular complexity index is 784. The summed E-state index contributed by atoms with van der Waals surface area (Å²) in [6, 6.07) is 7.54. The molecule has 2 saturated carbocycles. The zero-order chi connectivity index (χ0) is 15.6. The number of carbonyl (C=O) groups is 1. The van der Waals surface area contributed by atoms with Gasteiger partial charge in [0.2, 0.25) is 11.7 Å². The molecule has 23 heavy (non-hydrogen) atoms. The van der Waals surface area contributed by atoms with E-state index in [9.17, 15) is 4.79 Å². The Labute approximate surface area is 132 Å². The van der Waals surface area contributed by atoms with Gasteiger partial charge in [0.25, 0.3) is 0 Å². The number of nitrogens with zero attached hydrogens (tertiary/aromatic N) is 2. The van der Waals surface area contributed by atoms with Crippen molar-refractivity contribution in [3.05, 3.63) is 30.2 Å². The largest absolute Gasteiger partial charge is 0.497 e. The third-order valence-corrected chi connectivity index (χ3v) is 5.54. The Hall–Kier alpha value is -2.37. The first kappa shape index (κ1) is 13.1. The van der Waals surface area contributed by atoms with Gasteiger partial charge in [-0.25, -0.2) is 0 Å². The quantitative estimate of drug-likeness (QED) is 0.810. The van der Waals surface area contributed by atoms with Gasteiger partial charge in [0, 0.05) is 11.5 Å². The third-order valence-electron chi connectivity index (χ3n) is 5.54. The van der Waals surface area contributed by atoms with Crippen molar-refractivity contribution in [1.29, 1.82) is 0 Å². The number of ether oxygens (including phenoxy) is 2. The summed E-state index contributed by atoms with van der Waals surface area (Å²) in [5.41, 5.74) is 0.842. The molecular weight excluding hydrogens is 296 g/mol. The van der Waals surface area contributed by atoms with Crippen molar-refractivity contribution in [3.8, 4) is 17.1 Å². The van der Waals surface area contributed by atoms with Gasteiger partial charge in [-0.05, 0) is 30.9 Å². The molecule has 1 aliphatic heterocycles. The number of fused-ring (bicyclic) bond motifs is 1. The fraction of sp³-hybridized carbons (Fsp3) is 0.471. The zero-order valence-corrected chi connectivity index (χ0v) is 12.6. The molecule has 1 aromatic carbocycles. The summed E-state index contributed by atoms with van der Waals surface area (Å²) in [7, 11) is 1.62. The van der Waals surface area contributed by atoms with E-state index in [-0.39, 0.29) is 23.9 Å². The molecule has 3 aliphatic rings. The summed E-state index contributed by atoms with van der Waals surface area (Å²) in [5, 5.41) is 4.10. The first-order valence-electron chi connectivity index (χ1n) is 7.93. The number of benzene rings is 1. The molecule has 3 fully saturated rings. The fourth-order valence-electron chi connectivity index (χ4n) is 4.59. The topological polar surface area (TPSA) is 74.5 Å². The highest BCUT2D eigenvalue weighted by molar-refractivity contribution is 5.78. The average Bonchev–Trinajstić information content (AvgIpc) is 3.30. The summed E-state index contributed by atoms with van der Waals surface area (Å²) in [6.45, 7) is 0. The Morgan fingerprint density at radius 2 is 2.17 bits per heavy atom. The third kappa shape index (κ3) is 1.77. The predicted octanol–water partition coefficient (Wildman–Crippen LogP) is 2.41. The summed E-state index contributed by atoms with van der Waals surface area (Å²) in [4.78, 5) is 16.7. The number of hydrogen-bond acceptors (Lipinski definition) is 6. The lowest BCUT2D eigenvalue weighted by molar-refractivity contribution is -0.143. The molecule has 5 rings (SSSR count). The molecule has 1 saturated heterocycles. The maximum atomic E-state index is 12.1. The van der Waals surface area contributed by atoms with Crippen LogP contribution < -0.4 is 4.74 Å². The monoisotopic (exact) mass is 312 g/mol. The van der Waals surface area contributed by atoms with Crippen LogP contribution in [0.4, 0.5) is 0 Å². The second kappa shape index (κ2) is 4.57. The Balaban J connectivity index is 1.49. The molecule has 2 bridgehead atoms. The van der Waals surface area contributed by atoms with Gasteiger partial charge in [-0.15, -0.1) is 0 Å². The van der Waals surface area contributed by atoms with Gasteiger partial charge in [0.05, 0.1) is 18.9 Å². The van der Waals surface area contributed by atoms with Gasteiger partial charge in [0.15, 0.2) is 0 Å². The van der Waals surface area contributed by atoms with E-state index in [1.807, 2.05) is 24.3 Å². The first-order chi connectivity index (χ1) is 11.2. The van der Waals surface area contributed by atoms with Crippen LogP contribution in [0, 0.1) is 17.8 Å². The van der Waals surface area contributed by atoms with E-state index in [0.29, 0.717) is 23.6 Å². The van der Waals surface area contributed by atoms with Crippen LogP contribution in [0.15, 0.2) is 28.8 Å². The van der Waals surface area contributed by atoms with Crippen LogP contribution >= 0.6 is 0 Å². The minimum Gasteiger partial charge on any atom is -0.497 e. The molecule has 5 atom stereocenters. The van der Waals surface area contributed by atoms with Crippen molar-refractivity contribution in [3.63, 3.8) is 0 Å². The molecule has 1 aromatic heterocycles. The van der Waals surface area contributed by atoms with E-state index in [2.05, 4.69) is 10.1 Å². The summed E-state index contributed by atoms with van der Waals surface area (Å²) < 4.78 is 16.2. The number of methoxy groups -OCH3 is 1. The first-order valence-corrected chi connectivity index (χ1v) is 7.93. The standard InChI is InChI=1S/C17H16N2O4/c1-21-10-4-2-3-8(5-10)15-18-16(23-19-15)13-9-6-11-12(7-9)22-17(20)14(11)13/h2-5,9,11-14H,6-7H2,1H3. The number of rotatable bonds is 3. The van der Waals surface area contributed by atoms with Gasteiger partial charge in [-0.3, -0.25) is 4.79 Å². The van der Waals surface area contributed by atoms with Crippen molar-refractivity contribution in [2.24, 2.45) is 17.8 Å². The van der Waals surface area contributed by atoms with Crippen molar-refractivity contribution in [2.75, 3.05) is 7.11 Å².